The van der Waals surface area contributed by atoms with E-state index in [2.05, 4.69) is 36.6 Å². The second-order valence-corrected chi connectivity index (χ2v) is 7.88. The number of aromatic nitrogens is 3. The summed E-state index contributed by atoms with van der Waals surface area (Å²) in [5.74, 6) is 1.81. The number of para-hydroxylation sites is 1. The van der Waals surface area contributed by atoms with Gasteiger partial charge in [0.2, 0.25) is 6.79 Å². The van der Waals surface area contributed by atoms with Crippen LogP contribution >= 0.6 is 15.9 Å². The molecule has 0 atom stereocenters. The van der Waals surface area contributed by atoms with Crippen LogP contribution in [-0.4, -0.2) is 45.5 Å². The number of hydrogen-bond donors (Lipinski definition) is 3. The minimum Gasteiger partial charge on any atom is -0.507 e. The smallest absolute Gasteiger partial charge is 0.251 e. The number of hydrogen-bond acceptors (Lipinski definition) is 7. The van der Waals surface area contributed by atoms with Gasteiger partial charge in [0.05, 0.1) is 16.4 Å². The Kier molecular flexibility index (Phi) is 5.28. The SMILES string of the molecule is O=C(NCCNc1cc(-c2ccccc2O)nc2c(Br)cnn12)c1ccc2c(c1)OCO2. The summed E-state index contributed by atoms with van der Waals surface area (Å²) in [4.78, 5) is 17.1. The highest BCUT2D eigenvalue weighted by Gasteiger charge is 2.16. The van der Waals surface area contributed by atoms with Crippen molar-refractivity contribution in [3.8, 4) is 28.5 Å². The van der Waals surface area contributed by atoms with Crippen molar-refractivity contribution in [2.75, 3.05) is 25.2 Å². The summed E-state index contributed by atoms with van der Waals surface area (Å²) in [5, 5.41) is 20.7. The minimum atomic E-state index is -0.207. The second-order valence-electron chi connectivity index (χ2n) is 7.02. The maximum Gasteiger partial charge on any atom is 0.251 e. The van der Waals surface area contributed by atoms with Crippen molar-refractivity contribution in [1.29, 1.82) is 0 Å². The lowest BCUT2D eigenvalue weighted by molar-refractivity contribution is 0.0954. The van der Waals surface area contributed by atoms with Gasteiger partial charge in [-0.15, -0.1) is 0 Å². The molecule has 3 N–H and O–H groups in total. The average Bonchev–Trinajstić information content (AvgIpc) is 3.43. The zero-order valence-electron chi connectivity index (χ0n) is 16.7. The quantitative estimate of drug-likeness (QED) is 0.351. The standard InChI is InChI=1S/C22H18BrN5O4/c23-15-11-26-28-20(10-16(27-21(15)28)14-3-1-2-4-17(14)29)24-7-8-25-22(30)13-5-6-18-19(9-13)32-12-31-18/h1-6,9-11,24,29H,7-8,12H2,(H,25,30). The van der Waals surface area contributed by atoms with Gasteiger partial charge in [0.25, 0.3) is 5.91 Å². The van der Waals surface area contributed by atoms with Crippen molar-refractivity contribution in [1.82, 2.24) is 19.9 Å². The minimum absolute atomic E-state index is 0.141. The highest BCUT2D eigenvalue weighted by molar-refractivity contribution is 9.10. The Morgan fingerprint density at radius 3 is 2.84 bits per heavy atom. The van der Waals surface area contributed by atoms with Crippen molar-refractivity contribution < 1.29 is 19.4 Å². The molecular formula is C22H18BrN5O4. The summed E-state index contributed by atoms with van der Waals surface area (Å²) < 4.78 is 13.0. The van der Waals surface area contributed by atoms with Gasteiger partial charge in [0.15, 0.2) is 17.1 Å². The van der Waals surface area contributed by atoms with Crippen LogP contribution in [0.15, 0.2) is 59.2 Å². The van der Waals surface area contributed by atoms with Crippen LogP contribution in [0.4, 0.5) is 5.82 Å². The fourth-order valence-corrected chi connectivity index (χ4v) is 3.74. The Hall–Kier alpha value is -3.79. The number of halogens is 1. The molecule has 0 bridgehead atoms. The molecule has 1 amide bonds. The molecule has 0 aliphatic carbocycles. The van der Waals surface area contributed by atoms with Gasteiger partial charge < -0.3 is 25.2 Å². The Labute approximate surface area is 191 Å². The zero-order valence-corrected chi connectivity index (χ0v) is 18.3. The van der Waals surface area contributed by atoms with Gasteiger partial charge in [-0.2, -0.15) is 9.61 Å². The number of nitrogens with zero attached hydrogens (tertiary/aromatic N) is 3. The predicted molar refractivity (Wildman–Crippen MR) is 121 cm³/mol. The maximum absolute atomic E-state index is 12.5. The molecule has 10 heteroatoms. The number of fused-ring (bicyclic) bond motifs is 2. The van der Waals surface area contributed by atoms with Crippen molar-refractivity contribution in [3.05, 3.63) is 64.8 Å². The Balaban J connectivity index is 1.30. The number of carbonyl (C=O) groups excluding carboxylic acids is 1. The van der Waals surface area contributed by atoms with E-state index >= 15 is 0 Å². The van der Waals surface area contributed by atoms with Crippen LogP contribution in [0.25, 0.3) is 16.9 Å². The molecule has 0 saturated carbocycles. The summed E-state index contributed by atoms with van der Waals surface area (Å²) in [6.07, 6.45) is 1.66. The highest BCUT2D eigenvalue weighted by Crippen LogP contribution is 2.33. The highest BCUT2D eigenvalue weighted by atomic mass is 79.9. The van der Waals surface area contributed by atoms with Gasteiger partial charge >= 0.3 is 0 Å². The molecule has 0 fully saturated rings. The van der Waals surface area contributed by atoms with Crippen molar-refractivity contribution in [3.63, 3.8) is 0 Å². The number of amides is 1. The maximum atomic E-state index is 12.5. The molecule has 2 aromatic carbocycles. The van der Waals surface area contributed by atoms with Crippen LogP contribution in [0.1, 0.15) is 10.4 Å². The number of phenols is 1. The topological polar surface area (TPSA) is 110 Å². The van der Waals surface area contributed by atoms with E-state index in [0.717, 1.165) is 4.47 Å². The van der Waals surface area contributed by atoms with Crippen LogP contribution in [0.2, 0.25) is 0 Å². The van der Waals surface area contributed by atoms with Gasteiger partial charge in [0, 0.05) is 30.3 Å². The third kappa shape index (κ3) is 3.80. The number of benzene rings is 2. The summed E-state index contributed by atoms with van der Waals surface area (Å²) in [6, 6.07) is 13.9. The van der Waals surface area contributed by atoms with Crippen LogP contribution in [0.5, 0.6) is 17.2 Å². The van der Waals surface area contributed by atoms with E-state index in [1.807, 2.05) is 6.07 Å². The second kappa shape index (κ2) is 8.39. The Morgan fingerprint density at radius 1 is 1.12 bits per heavy atom. The van der Waals surface area contributed by atoms with E-state index in [-0.39, 0.29) is 18.4 Å². The van der Waals surface area contributed by atoms with Gasteiger partial charge in [-0.3, -0.25) is 4.79 Å². The van der Waals surface area contributed by atoms with Gasteiger partial charge in [-0.05, 0) is 46.3 Å². The van der Waals surface area contributed by atoms with Crippen molar-refractivity contribution >= 4 is 33.3 Å². The molecule has 32 heavy (non-hydrogen) atoms. The molecule has 0 saturated heterocycles. The first-order valence-electron chi connectivity index (χ1n) is 9.84. The number of ether oxygens (including phenoxy) is 2. The first-order valence-corrected chi connectivity index (χ1v) is 10.6. The van der Waals surface area contributed by atoms with E-state index in [0.29, 0.717) is 52.9 Å². The van der Waals surface area contributed by atoms with E-state index < -0.39 is 0 Å². The normalized spacial score (nSPS) is 12.2. The molecule has 4 aromatic rings. The number of carbonyl (C=O) groups is 1. The predicted octanol–water partition coefficient (Wildman–Crippen LogP) is 3.44. The summed E-state index contributed by atoms with van der Waals surface area (Å²) in [5.41, 5.74) is 2.32. The van der Waals surface area contributed by atoms with Crippen LogP contribution in [0.3, 0.4) is 0 Å². The monoisotopic (exact) mass is 495 g/mol. The largest absolute Gasteiger partial charge is 0.507 e. The molecule has 1 aliphatic heterocycles. The molecule has 0 radical (unpaired) electrons. The van der Waals surface area contributed by atoms with Crippen LogP contribution in [0, 0.1) is 0 Å². The summed E-state index contributed by atoms with van der Waals surface area (Å²) in [7, 11) is 0. The molecule has 3 heterocycles. The summed E-state index contributed by atoms with van der Waals surface area (Å²) in [6.45, 7) is 0.996. The van der Waals surface area contributed by atoms with Crippen molar-refractivity contribution in [2.45, 2.75) is 0 Å². The summed E-state index contributed by atoms with van der Waals surface area (Å²) >= 11 is 3.46. The molecule has 1 aliphatic rings. The molecule has 9 nitrogen and oxygen atoms in total. The average molecular weight is 496 g/mol. The fourth-order valence-electron chi connectivity index (χ4n) is 3.40. The van der Waals surface area contributed by atoms with E-state index in [1.165, 1.54) is 0 Å². The number of phenolic OH excluding ortho intramolecular Hbond substituents is 1. The van der Waals surface area contributed by atoms with Gasteiger partial charge in [-0.1, -0.05) is 12.1 Å². The first kappa shape index (κ1) is 20.1. The molecule has 162 valence electrons. The number of aromatic hydroxyl groups is 1. The molecular weight excluding hydrogens is 478 g/mol. The molecule has 0 unspecified atom stereocenters. The third-order valence-electron chi connectivity index (χ3n) is 4.96. The lowest BCUT2D eigenvalue weighted by Crippen LogP contribution is -2.29. The van der Waals surface area contributed by atoms with Crippen molar-refractivity contribution in [2.24, 2.45) is 0 Å². The van der Waals surface area contributed by atoms with Crippen LogP contribution in [-0.2, 0) is 0 Å². The number of nitrogens with one attached hydrogen (secondary N) is 2. The molecule has 5 rings (SSSR count). The van der Waals surface area contributed by atoms with Crippen LogP contribution < -0.4 is 20.1 Å². The van der Waals surface area contributed by atoms with E-state index in [1.54, 1.807) is 53.2 Å². The lowest BCUT2D eigenvalue weighted by Gasteiger charge is -2.12. The number of anilines is 1. The van der Waals surface area contributed by atoms with Gasteiger partial charge in [-0.25, -0.2) is 4.98 Å². The Morgan fingerprint density at radius 2 is 1.97 bits per heavy atom. The fraction of sp³-hybridized carbons (Fsp3) is 0.136. The molecule has 0 spiro atoms. The number of rotatable bonds is 6. The van der Waals surface area contributed by atoms with E-state index in [4.69, 9.17) is 9.47 Å². The lowest BCUT2D eigenvalue weighted by atomic mass is 10.1. The molecule has 2 aromatic heterocycles. The third-order valence-corrected chi connectivity index (χ3v) is 5.52. The Bertz CT molecular complexity index is 1320. The van der Waals surface area contributed by atoms with Gasteiger partial charge in [0.1, 0.15) is 11.6 Å². The first-order chi connectivity index (χ1) is 15.6. The zero-order chi connectivity index (χ0) is 22.1. The van der Waals surface area contributed by atoms with E-state index in [9.17, 15) is 9.90 Å².